The van der Waals surface area contributed by atoms with Crippen LogP contribution in [0.4, 0.5) is 30.6 Å². The van der Waals surface area contributed by atoms with Crippen molar-refractivity contribution in [2.24, 2.45) is 5.92 Å². The van der Waals surface area contributed by atoms with Crippen LogP contribution in [0.3, 0.4) is 0 Å². The van der Waals surface area contributed by atoms with Crippen molar-refractivity contribution in [3.63, 3.8) is 0 Å². The smallest absolute Gasteiger partial charge is 0.336 e. The van der Waals surface area contributed by atoms with Crippen molar-refractivity contribution < 1.29 is 23.5 Å². The molecule has 3 aromatic carbocycles. The average Bonchev–Trinajstić information content (AvgIpc) is 2.89. The van der Waals surface area contributed by atoms with E-state index in [0.29, 0.717) is 41.9 Å². The highest BCUT2D eigenvalue weighted by atomic mass is 19.3. The molecule has 0 radical (unpaired) electrons. The van der Waals surface area contributed by atoms with Gasteiger partial charge in [-0.2, -0.15) is 0 Å². The Kier molecular flexibility index (Phi) is 8.53. The van der Waals surface area contributed by atoms with E-state index in [9.17, 15) is 23.5 Å². The fourth-order valence-corrected chi connectivity index (χ4v) is 5.07. The molecule has 3 N–H and O–H groups in total. The fourth-order valence-electron chi connectivity index (χ4n) is 5.07. The summed E-state index contributed by atoms with van der Waals surface area (Å²) in [7, 11) is 0. The van der Waals surface area contributed by atoms with E-state index < -0.39 is 17.9 Å². The van der Waals surface area contributed by atoms with Gasteiger partial charge in [-0.15, -0.1) is 0 Å². The van der Waals surface area contributed by atoms with E-state index in [1.807, 2.05) is 43.3 Å². The van der Waals surface area contributed by atoms with Crippen molar-refractivity contribution in [2.45, 2.75) is 58.4 Å². The molecule has 8 heteroatoms. The number of rotatable bonds is 8. The first kappa shape index (κ1) is 28.1. The summed E-state index contributed by atoms with van der Waals surface area (Å²) in [6.45, 7) is 6.72. The van der Waals surface area contributed by atoms with Gasteiger partial charge in [0.05, 0.1) is 16.9 Å². The van der Waals surface area contributed by atoms with Gasteiger partial charge >= 0.3 is 12.0 Å². The number of anilines is 3. The Hall–Kier alpha value is -3.94. The summed E-state index contributed by atoms with van der Waals surface area (Å²) < 4.78 is 28.0. The third kappa shape index (κ3) is 7.13. The predicted molar refractivity (Wildman–Crippen MR) is 152 cm³/mol. The summed E-state index contributed by atoms with van der Waals surface area (Å²) in [4.78, 5) is 27.1. The summed E-state index contributed by atoms with van der Waals surface area (Å²) >= 11 is 0. The second-order valence-corrected chi connectivity index (χ2v) is 10.7. The summed E-state index contributed by atoms with van der Waals surface area (Å²) in [5.41, 5.74) is 4.18. The predicted octanol–water partition coefficient (Wildman–Crippen LogP) is 8.04. The molecule has 0 spiro atoms. The minimum Gasteiger partial charge on any atom is -0.478 e. The normalized spacial score (nSPS) is 15.1. The van der Waals surface area contributed by atoms with Gasteiger partial charge in [0.25, 0.3) is 0 Å². The molecule has 2 amide bonds. The number of aryl methyl sites for hydroxylation is 1. The maximum absolute atomic E-state index is 14.0. The molecule has 39 heavy (non-hydrogen) atoms. The Morgan fingerprint density at radius 3 is 2.31 bits per heavy atom. The SMILES string of the molecule is Cc1ccc(NC(=O)Nc2cc(-c3ccccc3C(=O)O)ccc2N(CC(C)C)C2CCC(F)(F)CC2)cc1. The molecule has 206 valence electrons. The molecule has 0 aromatic heterocycles. The molecule has 0 unspecified atom stereocenters. The second kappa shape index (κ2) is 11.8. The lowest BCUT2D eigenvalue weighted by Crippen LogP contribution is -2.43. The topological polar surface area (TPSA) is 81.7 Å². The monoisotopic (exact) mass is 535 g/mol. The number of hydrogen-bond donors (Lipinski definition) is 3. The maximum Gasteiger partial charge on any atom is 0.336 e. The maximum atomic E-state index is 14.0. The van der Waals surface area contributed by atoms with Crippen molar-refractivity contribution in [2.75, 3.05) is 22.1 Å². The molecule has 4 rings (SSSR count). The van der Waals surface area contributed by atoms with Crippen LogP contribution in [0, 0.1) is 12.8 Å². The lowest BCUT2D eigenvalue weighted by Gasteiger charge is -2.40. The van der Waals surface area contributed by atoms with E-state index in [0.717, 1.165) is 11.3 Å². The van der Waals surface area contributed by atoms with Gasteiger partial charge in [-0.3, -0.25) is 0 Å². The van der Waals surface area contributed by atoms with Gasteiger partial charge < -0.3 is 20.6 Å². The molecule has 0 aliphatic heterocycles. The molecule has 1 fully saturated rings. The number of amides is 2. The highest BCUT2D eigenvalue weighted by Crippen LogP contribution is 2.40. The number of carboxylic acid groups (broad SMARTS) is 1. The van der Waals surface area contributed by atoms with Crippen LogP contribution >= 0.6 is 0 Å². The molecular weight excluding hydrogens is 500 g/mol. The number of aromatic carboxylic acids is 1. The molecule has 3 aromatic rings. The minimum atomic E-state index is -2.65. The number of nitrogens with one attached hydrogen (secondary N) is 2. The number of halogens is 2. The number of carboxylic acids is 1. The lowest BCUT2D eigenvalue weighted by molar-refractivity contribution is -0.0382. The number of carbonyl (C=O) groups is 2. The Bertz CT molecular complexity index is 1310. The van der Waals surface area contributed by atoms with Gasteiger partial charge in [0.15, 0.2) is 0 Å². The Labute approximate surface area is 228 Å². The Morgan fingerprint density at radius 2 is 1.67 bits per heavy atom. The van der Waals surface area contributed by atoms with Crippen LogP contribution in [0.1, 0.15) is 55.5 Å². The first-order valence-electron chi connectivity index (χ1n) is 13.3. The molecule has 0 saturated heterocycles. The number of hydrogen-bond acceptors (Lipinski definition) is 3. The van der Waals surface area contributed by atoms with Crippen LogP contribution in [0.25, 0.3) is 11.1 Å². The van der Waals surface area contributed by atoms with E-state index in [1.165, 1.54) is 6.07 Å². The number of benzene rings is 3. The average molecular weight is 536 g/mol. The summed E-state index contributed by atoms with van der Waals surface area (Å²) in [6, 6.07) is 19.0. The van der Waals surface area contributed by atoms with E-state index in [4.69, 9.17) is 0 Å². The molecular formula is C31H35F2N3O3. The summed E-state index contributed by atoms with van der Waals surface area (Å²) in [6.07, 6.45) is 0.344. The first-order chi connectivity index (χ1) is 18.5. The largest absolute Gasteiger partial charge is 0.478 e. The van der Waals surface area contributed by atoms with Crippen molar-refractivity contribution in [1.82, 2.24) is 0 Å². The van der Waals surface area contributed by atoms with E-state index in [-0.39, 0.29) is 30.4 Å². The van der Waals surface area contributed by atoms with Crippen LogP contribution < -0.4 is 15.5 Å². The van der Waals surface area contributed by atoms with Crippen LogP contribution in [-0.4, -0.2) is 35.6 Å². The van der Waals surface area contributed by atoms with Gasteiger partial charge in [0.2, 0.25) is 5.92 Å². The van der Waals surface area contributed by atoms with Crippen LogP contribution in [0.15, 0.2) is 66.7 Å². The Balaban J connectivity index is 1.74. The highest BCUT2D eigenvalue weighted by Gasteiger charge is 2.37. The third-order valence-corrected chi connectivity index (χ3v) is 7.02. The summed E-state index contributed by atoms with van der Waals surface area (Å²) in [5.74, 6) is -3.46. The van der Waals surface area contributed by atoms with E-state index >= 15 is 0 Å². The molecule has 1 aliphatic carbocycles. The zero-order chi connectivity index (χ0) is 28.2. The van der Waals surface area contributed by atoms with Gasteiger partial charge in [0.1, 0.15) is 0 Å². The second-order valence-electron chi connectivity index (χ2n) is 10.7. The fraction of sp³-hybridized carbons (Fsp3) is 0.355. The molecule has 6 nitrogen and oxygen atoms in total. The number of nitrogens with zero attached hydrogens (tertiary/aromatic N) is 1. The van der Waals surface area contributed by atoms with Crippen LogP contribution in [0.5, 0.6) is 0 Å². The number of carbonyl (C=O) groups excluding carboxylic acids is 1. The van der Waals surface area contributed by atoms with Gasteiger partial charge in [0, 0.05) is 31.1 Å². The standard InChI is InChI=1S/C31H35F2N3O3/c1-20(2)19-36(24-14-16-31(32,33)17-15-24)28-13-10-22(25-6-4-5-7-26(25)29(37)38)18-27(28)35-30(39)34-23-11-8-21(3)9-12-23/h4-13,18,20,24H,14-17,19H2,1-3H3,(H,37,38)(H2,34,35,39). The lowest BCUT2D eigenvalue weighted by atomic mass is 9.90. The van der Waals surface area contributed by atoms with Crippen molar-refractivity contribution in [3.8, 4) is 11.1 Å². The van der Waals surface area contributed by atoms with Crippen LogP contribution in [0.2, 0.25) is 0 Å². The van der Waals surface area contributed by atoms with E-state index in [2.05, 4.69) is 29.4 Å². The highest BCUT2D eigenvalue weighted by molar-refractivity contribution is 6.03. The zero-order valence-electron chi connectivity index (χ0n) is 22.5. The quantitative estimate of drug-likeness (QED) is 0.273. The molecule has 0 atom stereocenters. The molecule has 1 saturated carbocycles. The van der Waals surface area contributed by atoms with Crippen molar-refractivity contribution in [1.29, 1.82) is 0 Å². The van der Waals surface area contributed by atoms with Gasteiger partial charge in [-0.05, 0) is 67.1 Å². The zero-order valence-corrected chi connectivity index (χ0v) is 22.5. The Morgan fingerprint density at radius 1 is 1.00 bits per heavy atom. The summed E-state index contributed by atoms with van der Waals surface area (Å²) in [5, 5.41) is 15.5. The van der Waals surface area contributed by atoms with Gasteiger partial charge in [-0.25, -0.2) is 18.4 Å². The van der Waals surface area contributed by atoms with Crippen LogP contribution in [-0.2, 0) is 0 Å². The third-order valence-electron chi connectivity index (χ3n) is 7.02. The van der Waals surface area contributed by atoms with Gasteiger partial charge in [-0.1, -0.05) is 55.8 Å². The van der Waals surface area contributed by atoms with Crippen molar-refractivity contribution in [3.05, 3.63) is 77.9 Å². The molecule has 0 bridgehead atoms. The molecule has 0 heterocycles. The van der Waals surface area contributed by atoms with E-state index in [1.54, 1.807) is 24.3 Å². The number of urea groups is 1. The minimum absolute atomic E-state index is 0.107. The number of alkyl halides is 2. The first-order valence-corrected chi connectivity index (χ1v) is 13.3. The molecule has 1 aliphatic rings. The van der Waals surface area contributed by atoms with Crippen molar-refractivity contribution >= 4 is 29.1 Å².